The Morgan fingerprint density at radius 1 is 1.07 bits per heavy atom. The van der Waals surface area contributed by atoms with Crippen molar-refractivity contribution in [1.82, 2.24) is 19.6 Å². The van der Waals surface area contributed by atoms with Gasteiger partial charge in [0.15, 0.2) is 11.5 Å². The summed E-state index contributed by atoms with van der Waals surface area (Å²) in [5.41, 5.74) is 0.801. The monoisotopic (exact) mass is 616 g/mol. The second-order valence-corrected chi connectivity index (χ2v) is 13.3. The number of likely N-dealkylation sites (tertiary alicyclic amines) is 1. The summed E-state index contributed by atoms with van der Waals surface area (Å²) in [5, 5.41) is 10.5. The van der Waals surface area contributed by atoms with Crippen LogP contribution in [0, 0.1) is 5.92 Å². The number of hydrogen-bond donors (Lipinski definition) is 1. The van der Waals surface area contributed by atoms with E-state index in [-0.39, 0.29) is 50.6 Å². The number of quaternary nitrogens is 1. The lowest BCUT2D eigenvalue weighted by molar-refractivity contribution is -0.870. The minimum absolute atomic E-state index is 0.0194. The molecule has 4 rings (SSSR count). The summed E-state index contributed by atoms with van der Waals surface area (Å²) >= 11 is 0. The largest absolute Gasteiger partial charge is 0.481 e. The first kappa shape index (κ1) is 33.5. The molecule has 2 fully saturated rings. The number of urea groups is 1. The third kappa shape index (κ3) is 8.20. The molecule has 44 heavy (non-hydrogen) atoms. The van der Waals surface area contributed by atoms with E-state index in [4.69, 9.17) is 9.47 Å². The van der Waals surface area contributed by atoms with E-state index < -0.39 is 23.8 Å². The molecule has 0 aromatic heterocycles. The van der Waals surface area contributed by atoms with E-state index in [1.165, 1.54) is 9.80 Å². The fourth-order valence-corrected chi connectivity index (χ4v) is 6.50. The first-order valence-electron chi connectivity index (χ1n) is 15.9. The fraction of sp³-hybridized carbons (Fsp3) is 0.688. The number of aliphatic carboxylic acids is 1. The number of rotatable bonds is 15. The fourth-order valence-electron chi connectivity index (χ4n) is 6.50. The zero-order chi connectivity index (χ0) is 32.0. The van der Waals surface area contributed by atoms with Crippen LogP contribution >= 0.6 is 0 Å². The molecular weight excluding hydrogens is 566 g/mol. The molecule has 0 unspecified atom stereocenters. The number of carboxylic acid groups (broad SMARTS) is 1. The molecule has 3 aliphatic heterocycles. The molecule has 2 saturated heterocycles. The molecule has 0 bridgehead atoms. The van der Waals surface area contributed by atoms with Crippen molar-refractivity contribution in [2.24, 2.45) is 5.92 Å². The molecule has 244 valence electrons. The molecule has 12 heteroatoms. The zero-order valence-corrected chi connectivity index (χ0v) is 27.0. The maximum Gasteiger partial charge on any atom is 0.326 e. The van der Waals surface area contributed by atoms with Crippen LogP contribution in [0.25, 0.3) is 0 Å². The number of fused-ring (bicyclic) bond motifs is 1. The highest BCUT2D eigenvalue weighted by molar-refractivity contribution is 5.96. The summed E-state index contributed by atoms with van der Waals surface area (Å²) in [5.74, 6) is -1.31. The number of nitrogens with zero attached hydrogens (tertiary/aromatic N) is 5. The average Bonchev–Trinajstić information content (AvgIpc) is 3.58. The predicted molar refractivity (Wildman–Crippen MR) is 164 cm³/mol. The molecule has 3 aliphatic rings. The highest BCUT2D eigenvalue weighted by Crippen LogP contribution is 2.42. The Morgan fingerprint density at radius 3 is 2.50 bits per heavy atom. The summed E-state index contributed by atoms with van der Waals surface area (Å²) in [6.07, 6.45) is 4.26. The third-order valence-corrected chi connectivity index (χ3v) is 9.01. The molecule has 4 amide bonds. The van der Waals surface area contributed by atoms with Gasteiger partial charge in [-0.2, -0.15) is 0 Å². The lowest BCUT2D eigenvalue weighted by atomic mass is 9.84. The molecule has 3 atom stereocenters. The Morgan fingerprint density at radius 2 is 1.80 bits per heavy atom. The third-order valence-electron chi connectivity index (χ3n) is 9.01. The average molecular weight is 617 g/mol. The Balaban J connectivity index is 1.56. The molecule has 1 N–H and O–H groups in total. The molecule has 3 heterocycles. The highest BCUT2D eigenvalue weighted by atomic mass is 16.7. The second kappa shape index (κ2) is 14.6. The van der Waals surface area contributed by atoms with Gasteiger partial charge < -0.3 is 28.9 Å². The Hall–Kier alpha value is -3.38. The van der Waals surface area contributed by atoms with E-state index in [1.54, 1.807) is 13.1 Å². The van der Waals surface area contributed by atoms with Gasteiger partial charge >= 0.3 is 12.0 Å². The summed E-state index contributed by atoms with van der Waals surface area (Å²) in [7, 11) is 8.13. The van der Waals surface area contributed by atoms with Crippen LogP contribution in [-0.2, 0) is 14.4 Å². The van der Waals surface area contributed by atoms with Crippen molar-refractivity contribution in [3.8, 4) is 11.5 Å². The Kier molecular flexibility index (Phi) is 11.1. The molecule has 0 aliphatic carbocycles. The van der Waals surface area contributed by atoms with Gasteiger partial charge in [-0.15, -0.1) is 0 Å². The number of carboxylic acids is 1. The molecule has 1 aromatic carbocycles. The van der Waals surface area contributed by atoms with Gasteiger partial charge in [0, 0.05) is 58.2 Å². The summed E-state index contributed by atoms with van der Waals surface area (Å²) < 4.78 is 11.9. The van der Waals surface area contributed by atoms with Gasteiger partial charge in [-0.1, -0.05) is 19.4 Å². The van der Waals surface area contributed by atoms with E-state index >= 15 is 0 Å². The van der Waals surface area contributed by atoms with Crippen LogP contribution in [0.1, 0.15) is 56.9 Å². The minimum atomic E-state index is -0.968. The molecule has 0 radical (unpaired) electrons. The molecule has 0 saturated carbocycles. The van der Waals surface area contributed by atoms with Crippen LogP contribution in [0.4, 0.5) is 4.79 Å². The van der Waals surface area contributed by atoms with Crippen LogP contribution in [0.2, 0.25) is 0 Å². The van der Waals surface area contributed by atoms with Crippen molar-refractivity contribution >= 4 is 23.8 Å². The van der Waals surface area contributed by atoms with Crippen molar-refractivity contribution in [3.05, 3.63) is 23.8 Å². The summed E-state index contributed by atoms with van der Waals surface area (Å²) in [6.45, 7) is 5.46. The second-order valence-electron chi connectivity index (χ2n) is 13.3. The Bertz CT molecular complexity index is 1200. The van der Waals surface area contributed by atoms with Crippen molar-refractivity contribution in [3.63, 3.8) is 0 Å². The van der Waals surface area contributed by atoms with Crippen molar-refractivity contribution in [1.29, 1.82) is 0 Å². The number of carbonyl (C=O) groups excluding carboxylic acids is 3. The first-order valence-corrected chi connectivity index (χ1v) is 15.9. The lowest BCUT2D eigenvalue weighted by Gasteiger charge is -2.34. The van der Waals surface area contributed by atoms with Gasteiger partial charge in [-0.05, 0) is 43.4 Å². The lowest BCUT2D eigenvalue weighted by Crippen LogP contribution is -2.52. The minimum Gasteiger partial charge on any atom is -0.481 e. The number of carbonyl (C=O) groups is 4. The van der Waals surface area contributed by atoms with Gasteiger partial charge in [0.05, 0.1) is 40.2 Å². The standard InChI is InChI=1S/C32H49N5O7/c1-6-7-14-34(15-8-9-18-37(3,4)5)29(39)21-35-20-24(23-10-11-26-27(19-23)44-22-43-26)30(31(40)41)25(35)12-17-36-28(38)13-16-33(2)32(36)42/h10-11,19,24-25,30H,6-9,12-18,20-22H2,1-5H3/p+1/t24-,25+,30-/m1/s1. The van der Waals surface area contributed by atoms with Crippen molar-refractivity contribution in [2.45, 2.75) is 57.4 Å². The molecular formula is C32H50N5O7+. The molecule has 0 spiro atoms. The van der Waals surface area contributed by atoms with Crippen molar-refractivity contribution < 1.29 is 38.2 Å². The van der Waals surface area contributed by atoms with E-state index in [9.17, 15) is 24.3 Å². The Labute approximate surface area is 261 Å². The SMILES string of the molecule is CCCCN(CCCC[N+](C)(C)C)C(=O)CN1C[C@H](c2ccc3c(c2)OCO3)[C@@H](C(=O)O)[C@@H]1CCN1C(=O)CCN(C)C1=O. The number of amides is 4. The number of imide groups is 1. The van der Waals surface area contributed by atoms with Crippen LogP contribution in [-0.4, -0.2) is 140 Å². The quantitative estimate of drug-likeness (QED) is 0.236. The maximum absolute atomic E-state index is 13.8. The smallest absolute Gasteiger partial charge is 0.326 e. The van der Waals surface area contributed by atoms with E-state index in [0.29, 0.717) is 37.7 Å². The highest BCUT2D eigenvalue weighted by Gasteiger charge is 2.48. The zero-order valence-electron chi connectivity index (χ0n) is 27.0. The number of ether oxygens (including phenoxy) is 2. The van der Waals surface area contributed by atoms with Crippen LogP contribution < -0.4 is 9.47 Å². The van der Waals surface area contributed by atoms with Gasteiger partial charge in [-0.3, -0.25) is 24.2 Å². The van der Waals surface area contributed by atoms with Crippen LogP contribution in [0.5, 0.6) is 11.5 Å². The number of hydrogen-bond acceptors (Lipinski definition) is 7. The van der Waals surface area contributed by atoms with Gasteiger partial charge in [-0.25, -0.2) is 4.79 Å². The van der Waals surface area contributed by atoms with E-state index in [1.807, 2.05) is 21.9 Å². The van der Waals surface area contributed by atoms with E-state index in [0.717, 1.165) is 42.3 Å². The number of unbranched alkanes of at least 4 members (excludes halogenated alkanes) is 2. The summed E-state index contributed by atoms with van der Waals surface area (Å²) in [4.78, 5) is 58.8. The van der Waals surface area contributed by atoms with Crippen molar-refractivity contribution in [2.75, 3.05) is 80.8 Å². The topological polar surface area (TPSA) is 120 Å². The normalized spacial score (nSPS) is 22.2. The van der Waals surface area contributed by atoms with E-state index in [2.05, 4.69) is 28.1 Å². The number of benzene rings is 1. The van der Waals surface area contributed by atoms with Crippen LogP contribution in [0.3, 0.4) is 0 Å². The first-order chi connectivity index (χ1) is 20.9. The van der Waals surface area contributed by atoms with Gasteiger partial charge in [0.1, 0.15) is 0 Å². The molecule has 12 nitrogen and oxygen atoms in total. The van der Waals surface area contributed by atoms with Gasteiger partial charge in [0.2, 0.25) is 18.6 Å². The molecule has 1 aromatic rings. The maximum atomic E-state index is 13.8. The van der Waals surface area contributed by atoms with Crippen LogP contribution in [0.15, 0.2) is 18.2 Å². The predicted octanol–water partition coefficient (Wildman–Crippen LogP) is 2.67. The van der Waals surface area contributed by atoms with Gasteiger partial charge in [0.25, 0.3) is 0 Å². The summed E-state index contributed by atoms with van der Waals surface area (Å²) in [6, 6.07) is 4.57.